The van der Waals surface area contributed by atoms with Crippen LogP contribution in [0, 0.1) is 20.8 Å². The molecule has 1 fully saturated rings. The highest BCUT2D eigenvalue weighted by Gasteiger charge is 2.45. The number of aromatic nitrogens is 3. The maximum Gasteiger partial charge on any atom is 0.264 e. The van der Waals surface area contributed by atoms with E-state index in [1.807, 2.05) is 35.8 Å². The number of benzene rings is 3. The van der Waals surface area contributed by atoms with Crippen molar-refractivity contribution in [3.63, 3.8) is 0 Å². The third-order valence-corrected chi connectivity index (χ3v) is 13.0. The third-order valence-electron chi connectivity index (χ3n) is 11.5. The summed E-state index contributed by atoms with van der Waals surface area (Å²) in [6.07, 6.45) is 0.202. The van der Waals surface area contributed by atoms with Crippen molar-refractivity contribution in [2.45, 2.75) is 52.1 Å². The van der Waals surface area contributed by atoms with E-state index in [9.17, 15) is 24.0 Å². The number of anilines is 2. The lowest BCUT2D eigenvalue weighted by Crippen LogP contribution is -2.54. The maximum absolute atomic E-state index is 13.5. The van der Waals surface area contributed by atoms with Crippen molar-refractivity contribution in [1.29, 1.82) is 0 Å². The number of fused-ring (bicyclic) bond motifs is 4. The summed E-state index contributed by atoms with van der Waals surface area (Å²) in [6.45, 7) is 9.73. The predicted molar refractivity (Wildman–Crippen MR) is 253 cm³/mol. The van der Waals surface area contributed by atoms with Crippen LogP contribution in [0.3, 0.4) is 0 Å². The van der Waals surface area contributed by atoms with Gasteiger partial charge in [-0.25, -0.2) is 0 Å². The number of amides is 5. The number of hydrogen-bond acceptors (Lipinski definition) is 15. The van der Waals surface area contributed by atoms with Crippen LogP contribution in [0.15, 0.2) is 71.7 Å². The van der Waals surface area contributed by atoms with Crippen molar-refractivity contribution >= 4 is 69.6 Å². The molecule has 3 aromatic carbocycles. The molecule has 2 atom stereocenters. The van der Waals surface area contributed by atoms with Crippen molar-refractivity contribution in [3.8, 4) is 10.8 Å². The monoisotopic (exact) mass is 966 g/mol. The summed E-state index contributed by atoms with van der Waals surface area (Å²) in [5, 5.41) is 18.8. The lowest BCUT2D eigenvalue weighted by Gasteiger charge is -2.27. The highest BCUT2D eigenvalue weighted by molar-refractivity contribution is 7.15. The van der Waals surface area contributed by atoms with Crippen LogP contribution in [0.4, 0.5) is 11.4 Å². The van der Waals surface area contributed by atoms with E-state index in [4.69, 9.17) is 40.3 Å². The van der Waals surface area contributed by atoms with Crippen molar-refractivity contribution in [2.24, 2.45) is 4.99 Å². The average molecular weight is 968 g/mol. The molecule has 8 rings (SSSR count). The minimum Gasteiger partial charge on any atom is -0.491 e. The molecule has 0 radical (unpaired) electrons. The molecule has 0 bridgehead atoms. The van der Waals surface area contributed by atoms with E-state index in [1.165, 1.54) is 4.88 Å². The summed E-state index contributed by atoms with van der Waals surface area (Å²) in [6, 6.07) is 18.0. The molecule has 0 saturated carbocycles. The molecule has 20 heteroatoms. The number of thiophene rings is 1. The number of carbonyl (C=O) groups is 5. The lowest BCUT2D eigenvalue weighted by atomic mass is 9.99. The topological polar surface area (TPSA) is 214 Å². The van der Waals surface area contributed by atoms with Crippen LogP contribution in [-0.2, 0) is 33.3 Å². The van der Waals surface area contributed by atoms with Crippen LogP contribution in [0.5, 0.6) is 5.75 Å². The van der Waals surface area contributed by atoms with Crippen LogP contribution in [0.1, 0.15) is 79.2 Å². The van der Waals surface area contributed by atoms with Crippen molar-refractivity contribution < 1.29 is 47.7 Å². The molecular formula is C48H51ClN8O10S. The highest BCUT2D eigenvalue weighted by Crippen LogP contribution is 2.40. The second-order valence-electron chi connectivity index (χ2n) is 16.1. The van der Waals surface area contributed by atoms with Gasteiger partial charge in [0.2, 0.25) is 17.7 Å². The van der Waals surface area contributed by atoms with Gasteiger partial charge in [-0.1, -0.05) is 29.8 Å². The van der Waals surface area contributed by atoms with Gasteiger partial charge in [0, 0.05) is 45.4 Å². The zero-order valence-electron chi connectivity index (χ0n) is 37.8. The second kappa shape index (κ2) is 22.2. The minimum atomic E-state index is -1.02. The smallest absolute Gasteiger partial charge is 0.264 e. The quantitative estimate of drug-likeness (QED) is 0.0555. The van der Waals surface area contributed by atoms with E-state index in [0.29, 0.717) is 94.0 Å². The standard InChI is InChI=1S/C48H51ClN8O10S/c1-28-29(2)68-48-41(28)43(31-7-9-32(49)10-8-31)52-37(44-55-54-30(3)56(44)48)27-40(59)51-33-11-13-34(14-12-33)67-26-25-66-24-23-65-22-21-64-20-19-63-18-17-50-36-6-4-5-35-42(36)47(62)57(46(35)61)38-15-16-39(58)53-45(38)60/h4-14,37-38,50H,15-27H2,1-3H3,(H,51,59)(H,53,58,60). The fourth-order valence-corrected chi connectivity index (χ4v) is 9.39. The molecular weight excluding hydrogens is 916 g/mol. The normalized spacial score (nSPS) is 16.5. The van der Waals surface area contributed by atoms with Gasteiger partial charge in [0.05, 0.1) is 76.1 Å². The fraction of sp³-hybridized carbons (Fsp3) is 0.375. The predicted octanol–water partition coefficient (Wildman–Crippen LogP) is 5.79. The van der Waals surface area contributed by atoms with Crippen LogP contribution >= 0.6 is 22.9 Å². The Morgan fingerprint density at radius 3 is 2.18 bits per heavy atom. The molecule has 1 saturated heterocycles. The molecule has 356 valence electrons. The number of rotatable bonds is 22. The van der Waals surface area contributed by atoms with Crippen LogP contribution in [0.2, 0.25) is 5.02 Å². The molecule has 5 aromatic rings. The first-order valence-corrected chi connectivity index (χ1v) is 23.5. The molecule has 5 amide bonds. The Morgan fingerprint density at radius 2 is 1.49 bits per heavy atom. The van der Waals surface area contributed by atoms with E-state index in [0.717, 1.165) is 38.1 Å². The summed E-state index contributed by atoms with van der Waals surface area (Å²) >= 11 is 7.90. The molecule has 3 aliphatic heterocycles. The Bertz CT molecular complexity index is 2700. The zero-order chi connectivity index (χ0) is 47.7. The number of halogens is 1. The van der Waals surface area contributed by atoms with Gasteiger partial charge in [0.25, 0.3) is 11.8 Å². The number of nitrogens with zero attached hydrogens (tertiary/aromatic N) is 5. The number of carbonyl (C=O) groups excluding carboxylic acids is 5. The summed E-state index contributed by atoms with van der Waals surface area (Å²) in [5.74, 6) is -0.454. The molecule has 3 aliphatic rings. The first-order chi connectivity index (χ1) is 33.0. The Morgan fingerprint density at radius 1 is 0.809 bits per heavy atom. The lowest BCUT2D eigenvalue weighted by molar-refractivity contribution is -0.136. The third kappa shape index (κ3) is 11.0. The summed E-state index contributed by atoms with van der Waals surface area (Å²) in [7, 11) is 0. The number of aliphatic imine (C=N–C) groups is 1. The van der Waals surface area contributed by atoms with Crippen molar-refractivity contribution in [1.82, 2.24) is 25.0 Å². The Hall–Kier alpha value is -6.35. The van der Waals surface area contributed by atoms with Gasteiger partial charge in [-0.15, -0.1) is 21.5 Å². The van der Waals surface area contributed by atoms with Gasteiger partial charge < -0.3 is 34.3 Å². The highest BCUT2D eigenvalue weighted by atomic mass is 35.5. The Kier molecular flexibility index (Phi) is 15.7. The van der Waals surface area contributed by atoms with Gasteiger partial charge in [-0.2, -0.15) is 0 Å². The van der Waals surface area contributed by atoms with E-state index in [-0.39, 0.29) is 36.3 Å². The Balaban J connectivity index is 0.676. The van der Waals surface area contributed by atoms with Crippen LogP contribution in [-0.4, -0.2) is 127 Å². The molecule has 0 aliphatic carbocycles. The van der Waals surface area contributed by atoms with Gasteiger partial charge >= 0.3 is 0 Å². The van der Waals surface area contributed by atoms with Gasteiger partial charge in [0.15, 0.2) is 5.82 Å². The first kappa shape index (κ1) is 48.1. The summed E-state index contributed by atoms with van der Waals surface area (Å²) in [4.78, 5) is 71.0. The average Bonchev–Trinajstić information content (AvgIpc) is 3.90. The minimum absolute atomic E-state index is 0.0534. The van der Waals surface area contributed by atoms with Gasteiger partial charge in [0.1, 0.15) is 35.3 Å². The SMILES string of the molecule is Cc1sc2c(c1C)C(c1ccc(Cl)cc1)=NC(CC(=O)Nc1ccc(OCCOCCOCCOCCOCCNc3cccc4c3C(=O)N(C3CCC(=O)NC3=O)C4=O)cc1)c1nnc(C)n1-2. The molecule has 2 aromatic heterocycles. The maximum atomic E-state index is 13.5. The number of aryl methyl sites for hydroxylation is 2. The van der Waals surface area contributed by atoms with Crippen LogP contribution in [0.25, 0.3) is 5.00 Å². The Labute approximate surface area is 401 Å². The van der Waals surface area contributed by atoms with E-state index in [2.05, 4.69) is 40.0 Å². The van der Waals surface area contributed by atoms with E-state index in [1.54, 1.807) is 53.8 Å². The number of ether oxygens (including phenoxy) is 5. The first-order valence-electron chi connectivity index (χ1n) is 22.3. The van der Waals surface area contributed by atoms with Crippen LogP contribution < -0.4 is 20.7 Å². The second-order valence-corrected chi connectivity index (χ2v) is 17.7. The molecule has 0 spiro atoms. The summed E-state index contributed by atoms with van der Waals surface area (Å²) < 4.78 is 30.3. The fourth-order valence-electron chi connectivity index (χ4n) is 8.06. The number of nitrogens with one attached hydrogen (secondary N) is 3. The molecule has 5 heterocycles. The van der Waals surface area contributed by atoms with E-state index < -0.39 is 35.7 Å². The number of hydrogen-bond donors (Lipinski definition) is 3. The molecule has 2 unspecified atom stereocenters. The molecule has 3 N–H and O–H groups in total. The summed E-state index contributed by atoms with van der Waals surface area (Å²) in [5.41, 5.74) is 5.30. The van der Waals surface area contributed by atoms with Gasteiger partial charge in [-0.05, 0) is 81.3 Å². The van der Waals surface area contributed by atoms with Gasteiger partial charge in [-0.3, -0.25) is 43.7 Å². The van der Waals surface area contributed by atoms with Crippen molar-refractivity contribution in [3.05, 3.63) is 116 Å². The van der Waals surface area contributed by atoms with Crippen molar-refractivity contribution in [2.75, 3.05) is 76.6 Å². The largest absolute Gasteiger partial charge is 0.491 e. The zero-order valence-corrected chi connectivity index (χ0v) is 39.4. The van der Waals surface area contributed by atoms with E-state index >= 15 is 0 Å². The molecule has 18 nitrogen and oxygen atoms in total. The number of piperidine rings is 1. The number of imide groups is 2. The molecule has 68 heavy (non-hydrogen) atoms.